The first kappa shape index (κ1) is 14.7. The van der Waals surface area contributed by atoms with Crippen LogP contribution in [-0.2, 0) is 17.8 Å². The Morgan fingerprint density at radius 2 is 1.75 bits per heavy atom. The average molecular weight is 286 g/mol. The monoisotopic (exact) mass is 286 g/mol. The van der Waals surface area contributed by atoms with Crippen LogP contribution in [0, 0.1) is 13.8 Å². The zero-order chi connectivity index (χ0) is 14.5. The second-order valence-corrected chi connectivity index (χ2v) is 5.38. The van der Waals surface area contributed by atoms with E-state index in [1.165, 1.54) is 16.7 Å². The first-order chi connectivity index (χ1) is 9.56. The topological polar surface area (TPSA) is 26.3 Å². The SMILES string of the molecule is Cc1cccc(C)c1COc1cccc(CC(=O)S)c1. The van der Waals surface area contributed by atoms with E-state index in [1.807, 2.05) is 30.3 Å². The molecular weight excluding hydrogens is 268 g/mol. The molecule has 0 N–H and O–H groups in total. The van der Waals surface area contributed by atoms with Gasteiger partial charge in [0.2, 0.25) is 0 Å². The van der Waals surface area contributed by atoms with Crippen LogP contribution in [0.1, 0.15) is 22.3 Å². The van der Waals surface area contributed by atoms with Gasteiger partial charge in [-0.25, -0.2) is 0 Å². The number of hydrogen-bond acceptors (Lipinski definition) is 2. The molecule has 0 amide bonds. The highest BCUT2D eigenvalue weighted by Gasteiger charge is 2.04. The lowest BCUT2D eigenvalue weighted by atomic mass is 10.0. The minimum Gasteiger partial charge on any atom is -0.489 e. The molecule has 0 unspecified atom stereocenters. The summed E-state index contributed by atoms with van der Waals surface area (Å²) in [6.45, 7) is 4.71. The highest BCUT2D eigenvalue weighted by Crippen LogP contribution is 2.19. The van der Waals surface area contributed by atoms with Crippen LogP contribution in [0.25, 0.3) is 0 Å². The lowest BCUT2D eigenvalue weighted by molar-refractivity contribution is -0.110. The number of benzene rings is 2. The van der Waals surface area contributed by atoms with Gasteiger partial charge in [0.15, 0.2) is 5.12 Å². The Labute approximate surface area is 125 Å². The Hall–Kier alpha value is -1.74. The van der Waals surface area contributed by atoms with E-state index in [0.717, 1.165) is 11.3 Å². The second kappa shape index (κ2) is 6.62. The van der Waals surface area contributed by atoms with E-state index in [2.05, 4.69) is 38.6 Å². The molecule has 20 heavy (non-hydrogen) atoms. The normalized spacial score (nSPS) is 10.3. The third-order valence-corrected chi connectivity index (χ3v) is 3.44. The van der Waals surface area contributed by atoms with Gasteiger partial charge in [0.05, 0.1) is 0 Å². The Kier molecular flexibility index (Phi) is 4.85. The molecular formula is C17H18O2S. The number of aryl methyl sites for hydroxylation is 2. The van der Waals surface area contributed by atoms with Crippen LogP contribution in [0.4, 0.5) is 0 Å². The predicted octanol–water partition coefficient (Wildman–Crippen LogP) is 3.88. The largest absolute Gasteiger partial charge is 0.489 e. The summed E-state index contributed by atoms with van der Waals surface area (Å²) in [4.78, 5) is 11.0. The number of carbonyl (C=O) groups excluding carboxylic acids is 1. The molecule has 0 fully saturated rings. The van der Waals surface area contributed by atoms with Gasteiger partial charge in [0, 0.05) is 6.42 Å². The van der Waals surface area contributed by atoms with Gasteiger partial charge in [-0.1, -0.05) is 30.3 Å². The number of rotatable bonds is 5. The van der Waals surface area contributed by atoms with Gasteiger partial charge in [0.1, 0.15) is 12.4 Å². The van der Waals surface area contributed by atoms with Crippen molar-refractivity contribution in [2.75, 3.05) is 0 Å². The van der Waals surface area contributed by atoms with Crippen molar-refractivity contribution in [1.29, 1.82) is 0 Å². The zero-order valence-electron chi connectivity index (χ0n) is 11.7. The Morgan fingerprint density at radius 3 is 2.40 bits per heavy atom. The summed E-state index contributed by atoms with van der Waals surface area (Å²) >= 11 is 3.80. The summed E-state index contributed by atoms with van der Waals surface area (Å²) in [5.41, 5.74) is 4.59. The molecule has 2 aromatic rings. The van der Waals surface area contributed by atoms with Gasteiger partial charge >= 0.3 is 0 Å². The molecule has 104 valence electrons. The number of carbonyl (C=O) groups is 1. The van der Waals surface area contributed by atoms with Gasteiger partial charge in [-0.2, -0.15) is 0 Å². The van der Waals surface area contributed by atoms with E-state index in [-0.39, 0.29) is 5.12 Å². The van der Waals surface area contributed by atoms with Crippen LogP contribution in [-0.4, -0.2) is 5.12 Å². The maximum atomic E-state index is 11.0. The molecule has 0 atom stereocenters. The van der Waals surface area contributed by atoms with Crippen molar-refractivity contribution in [3.63, 3.8) is 0 Å². The molecule has 0 bridgehead atoms. The van der Waals surface area contributed by atoms with Crippen LogP contribution in [0.2, 0.25) is 0 Å². The van der Waals surface area contributed by atoms with Crippen LogP contribution < -0.4 is 4.74 Å². The molecule has 0 saturated heterocycles. The Balaban J connectivity index is 2.09. The molecule has 2 nitrogen and oxygen atoms in total. The molecule has 0 aliphatic rings. The van der Waals surface area contributed by atoms with Crippen molar-refractivity contribution in [3.05, 3.63) is 64.7 Å². The Morgan fingerprint density at radius 1 is 1.10 bits per heavy atom. The standard InChI is InChI=1S/C17H18O2S/c1-12-5-3-6-13(2)16(12)11-19-15-8-4-7-14(9-15)10-17(18)20/h3-9H,10-11H2,1-2H3,(H,18,20). The van der Waals surface area contributed by atoms with Gasteiger partial charge in [0.25, 0.3) is 0 Å². The van der Waals surface area contributed by atoms with E-state index in [1.54, 1.807) is 0 Å². The molecule has 0 aliphatic carbocycles. The predicted molar refractivity (Wildman–Crippen MR) is 84.4 cm³/mol. The third kappa shape index (κ3) is 3.87. The molecule has 0 radical (unpaired) electrons. The summed E-state index contributed by atoms with van der Waals surface area (Å²) < 4.78 is 5.84. The van der Waals surface area contributed by atoms with Crippen LogP contribution in [0.3, 0.4) is 0 Å². The molecule has 0 spiro atoms. The fourth-order valence-electron chi connectivity index (χ4n) is 2.15. The fraction of sp³-hybridized carbons (Fsp3) is 0.235. The van der Waals surface area contributed by atoms with E-state index >= 15 is 0 Å². The summed E-state index contributed by atoms with van der Waals surface area (Å²) in [5.74, 6) is 0.778. The van der Waals surface area contributed by atoms with Crippen molar-refractivity contribution < 1.29 is 9.53 Å². The number of ether oxygens (including phenoxy) is 1. The van der Waals surface area contributed by atoms with Crippen molar-refractivity contribution in [1.82, 2.24) is 0 Å². The van der Waals surface area contributed by atoms with Crippen molar-refractivity contribution >= 4 is 17.7 Å². The zero-order valence-corrected chi connectivity index (χ0v) is 12.6. The van der Waals surface area contributed by atoms with Crippen molar-refractivity contribution in [2.24, 2.45) is 0 Å². The maximum absolute atomic E-state index is 11.0. The molecule has 3 heteroatoms. The van der Waals surface area contributed by atoms with Crippen LogP contribution in [0.15, 0.2) is 42.5 Å². The summed E-state index contributed by atoms with van der Waals surface area (Å²) in [7, 11) is 0. The number of hydrogen-bond donors (Lipinski definition) is 1. The van der Waals surface area contributed by atoms with Gasteiger partial charge in [-0.05, 0) is 48.2 Å². The fourth-order valence-corrected chi connectivity index (χ4v) is 2.33. The first-order valence-corrected chi connectivity index (χ1v) is 6.99. The Bertz CT molecular complexity index is 600. The summed E-state index contributed by atoms with van der Waals surface area (Å²) in [6.07, 6.45) is 0.323. The number of thiol groups is 1. The highest BCUT2D eigenvalue weighted by molar-refractivity contribution is 7.96. The quantitative estimate of drug-likeness (QED) is 0.844. The van der Waals surface area contributed by atoms with E-state index in [0.29, 0.717) is 13.0 Å². The smallest absolute Gasteiger partial charge is 0.190 e. The van der Waals surface area contributed by atoms with Gasteiger partial charge in [-0.3, -0.25) is 4.79 Å². The summed E-state index contributed by atoms with van der Waals surface area (Å²) in [6, 6.07) is 13.8. The minimum atomic E-state index is -0.142. The maximum Gasteiger partial charge on any atom is 0.190 e. The second-order valence-electron chi connectivity index (χ2n) is 4.88. The van der Waals surface area contributed by atoms with Crippen molar-refractivity contribution in [3.8, 4) is 5.75 Å². The van der Waals surface area contributed by atoms with E-state index in [9.17, 15) is 4.79 Å². The molecule has 2 aromatic carbocycles. The third-order valence-electron chi connectivity index (χ3n) is 3.28. The van der Waals surface area contributed by atoms with Crippen molar-refractivity contribution in [2.45, 2.75) is 26.9 Å². The molecule has 0 saturated carbocycles. The summed E-state index contributed by atoms with van der Waals surface area (Å²) in [5, 5.41) is -0.142. The van der Waals surface area contributed by atoms with Crippen LogP contribution in [0.5, 0.6) is 5.75 Å². The first-order valence-electron chi connectivity index (χ1n) is 6.55. The lowest BCUT2D eigenvalue weighted by Gasteiger charge is -2.12. The molecule has 0 aromatic heterocycles. The lowest BCUT2D eigenvalue weighted by Crippen LogP contribution is -2.01. The highest BCUT2D eigenvalue weighted by atomic mass is 32.1. The molecule has 0 aliphatic heterocycles. The van der Waals surface area contributed by atoms with Gasteiger partial charge < -0.3 is 4.74 Å². The van der Waals surface area contributed by atoms with Crippen LogP contribution >= 0.6 is 12.6 Å². The minimum absolute atomic E-state index is 0.142. The van der Waals surface area contributed by atoms with E-state index < -0.39 is 0 Å². The average Bonchev–Trinajstić information content (AvgIpc) is 2.38. The van der Waals surface area contributed by atoms with Gasteiger partial charge in [-0.15, -0.1) is 12.6 Å². The molecule has 2 rings (SSSR count). The van der Waals surface area contributed by atoms with E-state index in [4.69, 9.17) is 4.74 Å². The molecule has 0 heterocycles.